The van der Waals surface area contributed by atoms with Crippen LogP contribution in [0.25, 0.3) is 20.2 Å². The number of fused-ring (bicyclic) bond motifs is 3. The number of esters is 2. The number of benzene rings is 2. The van der Waals surface area contributed by atoms with E-state index in [2.05, 4.69) is 17.9 Å². The normalized spacial score (nSPS) is 11.4. The summed E-state index contributed by atoms with van der Waals surface area (Å²) in [5, 5.41) is 1.14. The minimum Gasteiger partial charge on any atom is -0.495 e. The van der Waals surface area contributed by atoms with Crippen LogP contribution in [0.3, 0.4) is 0 Å². The number of hydrogen-bond donors (Lipinski definition) is 0. The lowest BCUT2D eigenvalue weighted by molar-refractivity contribution is -0.274. The molecule has 3 rings (SSSR count). The SMILES string of the molecule is C=C(C)C(=O)OCCCc1ccc2c(sc3c(OC(F)(F)F)c(OC(=O)C(=C)C)ccc32)c1OC. The standard InChI is InChI=1S/C25H23F3O6S/c1-13(2)23(29)32-12-6-7-15-8-9-16-17-10-11-18(33-24(30)14(3)4)20(34-25(26,27)28)22(17)35-21(16)19(15)31-5/h8-11H,1,3,6-7,12H2,2,4-5H3. The maximum Gasteiger partial charge on any atom is 0.573 e. The molecule has 3 aromatic rings. The fourth-order valence-electron chi connectivity index (χ4n) is 3.33. The molecule has 0 aliphatic rings. The van der Waals surface area contributed by atoms with E-state index in [0.717, 1.165) is 16.9 Å². The highest BCUT2D eigenvalue weighted by Crippen LogP contribution is 2.49. The van der Waals surface area contributed by atoms with Crippen molar-refractivity contribution in [3.63, 3.8) is 0 Å². The van der Waals surface area contributed by atoms with Crippen molar-refractivity contribution in [2.24, 2.45) is 0 Å². The molecule has 10 heteroatoms. The van der Waals surface area contributed by atoms with Gasteiger partial charge in [0.2, 0.25) is 0 Å². The Morgan fingerprint density at radius 3 is 2.11 bits per heavy atom. The molecule has 6 nitrogen and oxygen atoms in total. The first-order valence-electron chi connectivity index (χ1n) is 10.4. The van der Waals surface area contributed by atoms with Crippen molar-refractivity contribution in [1.82, 2.24) is 0 Å². The van der Waals surface area contributed by atoms with Gasteiger partial charge in [-0.2, -0.15) is 0 Å². The number of ether oxygens (including phenoxy) is 4. The number of carbonyl (C=O) groups excluding carboxylic acids is 2. The summed E-state index contributed by atoms with van der Waals surface area (Å²) in [4.78, 5) is 23.5. The Morgan fingerprint density at radius 1 is 0.943 bits per heavy atom. The van der Waals surface area contributed by atoms with Gasteiger partial charge in [0.05, 0.1) is 23.1 Å². The number of halogens is 3. The average Bonchev–Trinajstić information content (AvgIpc) is 3.15. The third-order valence-electron chi connectivity index (χ3n) is 4.91. The van der Waals surface area contributed by atoms with Gasteiger partial charge in [-0.1, -0.05) is 25.3 Å². The fourth-order valence-corrected chi connectivity index (χ4v) is 4.65. The zero-order valence-corrected chi connectivity index (χ0v) is 20.2. The molecule has 0 fully saturated rings. The molecule has 0 N–H and O–H groups in total. The van der Waals surface area contributed by atoms with Crippen molar-refractivity contribution in [2.45, 2.75) is 33.1 Å². The van der Waals surface area contributed by atoms with E-state index in [-0.39, 0.29) is 22.6 Å². The van der Waals surface area contributed by atoms with Crippen molar-refractivity contribution in [2.75, 3.05) is 13.7 Å². The van der Waals surface area contributed by atoms with Crippen LogP contribution in [0, 0.1) is 0 Å². The van der Waals surface area contributed by atoms with E-state index in [1.807, 2.05) is 6.07 Å². The first-order valence-corrected chi connectivity index (χ1v) is 11.3. The van der Waals surface area contributed by atoms with Gasteiger partial charge < -0.3 is 18.9 Å². The second-order valence-electron chi connectivity index (χ2n) is 7.74. The maximum atomic E-state index is 13.2. The van der Waals surface area contributed by atoms with Gasteiger partial charge in [-0.3, -0.25) is 0 Å². The summed E-state index contributed by atoms with van der Waals surface area (Å²) in [5.74, 6) is -1.83. The zero-order valence-electron chi connectivity index (χ0n) is 19.3. The third kappa shape index (κ3) is 5.94. The minimum absolute atomic E-state index is 0.0274. The number of rotatable bonds is 9. The van der Waals surface area contributed by atoms with Crippen LogP contribution in [0.1, 0.15) is 25.8 Å². The number of carbonyl (C=O) groups is 2. The first kappa shape index (κ1) is 26.1. The molecule has 186 valence electrons. The van der Waals surface area contributed by atoms with E-state index in [1.165, 1.54) is 20.1 Å². The average molecular weight is 509 g/mol. The highest BCUT2D eigenvalue weighted by atomic mass is 32.1. The quantitative estimate of drug-likeness (QED) is 0.142. The lowest BCUT2D eigenvalue weighted by atomic mass is 10.0. The van der Waals surface area contributed by atoms with Gasteiger partial charge in [-0.25, -0.2) is 9.59 Å². The van der Waals surface area contributed by atoms with Crippen LogP contribution >= 0.6 is 11.3 Å². The molecule has 1 aromatic heterocycles. The molecule has 0 bridgehead atoms. The van der Waals surface area contributed by atoms with E-state index >= 15 is 0 Å². The molecular formula is C25H23F3O6S. The predicted octanol–water partition coefficient (Wildman–Crippen LogP) is 6.50. The summed E-state index contributed by atoms with van der Waals surface area (Å²) in [6.45, 7) is 10.1. The van der Waals surface area contributed by atoms with E-state index in [4.69, 9.17) is 14.2 Å². The Kier molecular flexibility index (Phi) is 7.74. The van der Waals surface area contributed by atoms with Gasteiger partial charge in [-0.05, 0) is 44.4 Å². The van der Waals surface area contributed by atoms with Gasteiger partial charge in [0.15, 0.2) is 11.5 Å². The zero-order chi connectivity index (χ0) is 25.9. The van der Waals surface area contributed by atoms with Crippen molar-refractivity contribution < 1.29 is 41.7 Å². The maximum absolute atomic E-state index is 13.2. The van der Waals surface area contributed by atoms with E-state index in [0.29, 0.717) is 39.6 Å². The summed E-state index contributed by atoms with van der Waals surface area (Å²) < 4.78 is 60.6. The third-order valence-corrected chi connectivity index (χ3v) is 6.13. The molecule has 0 spiro atoms. The van der Waals surface area contributed by atoms with Crippen LogP contribution in [-0.4, -0.2) is 32.0 Å². The van der Waals surface area contributed by atoms with Gasteiger partial charge in [0, 0.05) is 21.9 Å². The Bertz CT molecular complexity index is 1320. The van der Waals surface area contributed by atoms with Crippen LogP contribution < -0.4 is 14.2 Å². The highest BCUT2D eigenvalue weighted by Gasteiger charge is 2.34. The van der Waals surface area contributed by atoms with Gasteiger partial charge in [0.1, 0.15) is 5.75 Å². The summed E-state index contributed by atoms with van der Waals surface area (Å²) >= 11 is 1.03. The number of aryl methyl sites for hydroxylation is 1. The second-order valence-corrected chi connectivity index (χ2v) is 8.76. The van der Waals surface area contributed by atoms with Crippen molar-refractivity contribution in [1.29, 1.82) is 0 Å². The Hall–Kier alpha value is -3.53. The molecule has 0 unspecified atom stereocenters. The van der Waals surface area contributed by atoms with Crippen LogP contribution in [0.2, 0.25) is 0 Å². The first-order chi connectivity index (χ1) is 16.4. The minimum atomic E-state index is -5.01. The molecule has 0 amide bonds. The van der Waals surface area contributed by atoms with Crippen LogP contribution in [0.5, 0.6) is 17.2 Å². The summed E-state index contributed by atoms with van der Waals surface area (Å²) in [6.07, 6.45) is -4.00. The number of alkyl halides is 3. The molecule has 0 saturated carbocycles. The van der Waals surface area contributed by atoms with Crippen molar-refractivity contribution in [3.05, 3.63) is 54.1 Å². The molecular weight excluding hydrogens is 485 g/mol. The molecule has 35 heavy (non-hydrogen) atoms. The van der Waals surface area contributed by atoms with Crippen LogP contribution in [-0.2, 0) is 20.7 Å². The molecule has 2 aromatic carbocycles. The van der Waals surface area contributed by atoms with Crippen LogP contribution in [0.15, 0.2) is 48.6 Å². The topological polar surface area (TPSA) is 71.1 Å². The smallest absolute Gasteiger partial charge is 0.495 e. The lowest BCUT2D eigenvalue weighted by Gasteiger charge is -2.14. The van der Waals surface area contributed by atoms with Crippen molar-refractivity contribution >= 4 is 43.4 Å². The number of thiophene rings is 1. The van der Waals surface area contributed by atoms with Gasteiger partial charge >= 0.3 is 18.3 Å². The molecule has 0 radical (unpaired) electrons. The fraction of sp³-hybridized carbons (Fsp3) is 0.280. The van der Waals surface area contributed by atoms with Crippen LogP contribution in [0.4, 0.5) is 13.2 Å². The largest absolute Gasteiger partial charge is 0.573 e. The monoisotopic (exact) mass is 508 g/mol. The Morgan fingerprint density at radius 2 is 1.54 bits per heavy atom. The molecule has 0 aliphatic carbocycles. The van der Waals surface area contributed by atoms with E-state index < -0.39 is 24.1 Å². The van der Waals surface area contributed by atoms with Gasteiger partial charge in [-0.15, -0.1) is 24.5 Å². The van der Waals surface area contributed by atoms with E-state index in [1.54, 1.807) is 19.1 Å². The van der Waals surface area contributed by atoms with E-state index in [9.17, 15) is 22.8 Å². The van der Waals surface area contributed by atoms with Crippen molar-refractivity contribution in [3.8, 4) is 17.2 Å². The summed E-state index contributed by atoms with van der Waals surface area (Å²) in [6, 6.07) is 6.41. The molecule has 0 aliphatic heterocycles. The second kappa shape index (κ2) is 10.4. The Labute approximate surface area is 203 Å². The number of hydrogen-bond acceptors (Lipinski definition) is 7. The molecule has 0 atom stereocenters. The summed E-state index contributed by atoms with van der Waals surface area (Å²) in [5.41, 5.74) is 1.13. The predicted molar refractivity (Wildman–Crippen MR) is 127 cm³/mol. The van der Waals surface area contributed by atoms with Gasteiger partial charge in [0.25, 0.3) is 0 Å². The Balaban J connectivity index is 2.05. The number of methoxy groups -OCH3 is 1. The summed E-state index contributed by atoms with van der Waals surface area (Å²) in [7, 11) is 1.47. The highest BCUT2D eigenvalue weighted by molar-refractivity contribution is 7.26. The molecule has 0 saturated heterocycles. The molecule has 1 heterocycles. The lowest BCUT2D eigenvalue weighted by Crippen LogP contribution is -2.18.